The van der Waals surface area contributed by atoms with Gasteiger partial charge in [-0.2, -0.15) is 13.2 Å². The molecule has 1 aliphatic heterocycles. The average Bonchev–Trinajstić information content (AvgIpc) is 3.26. The summed E-state index contributed by atoms with van der Waals surface area (Å²) in [5.41, 5.74) is 0.775. The molecule has 194 valence electrons. The molecule has 1 aromatic carbocycles. The maximum Gasteiger partial charge on any atom is 0.416 e. The van der Waals surface area contributed by atoms with Gasteiger partial charge in [0.05, 0.1) is 37.1 Å². The molecule has 3 rings (SSSR count). The van der Waals surface area contributed by atoms with Crippen molar-refractivity contribution in [2.45, 2.75) is 64.7 Å². The lowest BCUT2D eigenvalue weighted by molar-refractivity contribution is -0.137. The predicted molar refractivity (Wildman–Crippen MR) is 123 cm³/mol. The summed E-state index contributed by atoms with van der Waals surface area (Å²) in [6.07, 6.45) is -1.89. The van der Waals surface area contributed by atoms with Crippen molar-refractivity contribution >= 4 is 5.91 Å². The standard InChI is InChI=1S/C24H34F3N5O3/c1-17-11-32(18(2)15-33)23(34)5-4-10-31-13-21(28-29-31)16-35-22(17)14-30(3)12-19-6-8-20(9-7-19)24(25,26)27/h6-9,13,17-18,22,33H,4-5,10-12,14-16H2,1-3H3/t17-,18+,22-/m0/s1. The Labute approximate surface area is 203 Å². The van der Waals surface area contributed by atoms with Gasteiger partial charge in [0.15, 0.2) is 0 Å². The van der Waals surface area contributed by atoms with Crippen LogP contribution in [0.15, 0.2) is 30.5 Å². The third-order valence-electron chi connectivity index (χ3n) is 6.27. The van der Waals surface area contributed by atoms with Crippen LogP contribution in [0.25, 0.3) is 0 Å². The van der Waals surface area contributed by atoms with Gasteiger partial charge in [-0.15, -0.1) is 5.10 Å². The summed E-state index contributed by atoms with van der Waals surface area (Å²) >= 11 is 0. The highest BCUT2D eigenvalue weighted by Crippen LogP contribution is 2.29. The SMILES string of the molecule is C[C@H](CO)N1C[C@H](C)[C@H](CN(C)Cc2ccc(C(F)(F)F)cc2)OCc2cn(nn2)CCCC1=O. The van der Waals surface area contributed by atoms with Gasteiger partial charge in [0.25, 0.3) is 0 Å². The Hall–Kier alpha value is -2.50. The third kappa shape index (κ3) is 7.74. The lowest BCUT2D eigenvalue weighted by Crippen LogP contribution is -2.47. The Morgan fingerprint density at radius 1 is 1.29 bits per heavy atom. The van der Waals surface area contributed by atoms with E-state index in [1.165, 1.54) is 12.1 Å². The molecule has 0 aliphatic carbocycles. The molecule has 0 fully saturated rings. The van der Waals surface area contributed by atoms with E-state index in [2.05, 4.69) is 10.3 Å². The Balaban J connectivity index is 1.74. The summed E-state index contributed by atoms with van der Waals surface area (Å²) < 4.78 is 46.5. The number of benzene rings is 1. The van der Waals surface area contributed by atoms with Crippen LogP contribution >= 0.6 is 0 Å². The van der Waals surface area contributed by atoms with Crippen LogP contribution in [0.1, 0.15) is 43.5 Å². The van der Waals surface area contributed by atoms with E-state index in [0.717, 1.165) is 17.7 Å². The van der Waals surface area contributed by atoms with Crippen LogP contribution < -0.4 is 0 Å². The Morgan fingerprint density at radius 3 is 2.66 bits per heavy atom. The van der Waals surface area contributed by atoms with Crippen LogP contribution in [0.4, 0.5) is 13.2 Å². The number of aryl methyl sites for hydroxylation is 1. The predicted octanol–water partition coefficient (Wildman–Crippen LogP) is 2.95. The van der Waals surface area contributed by atoms with E-state index < -0.39 is 11.7 Å². The molecule has 2 aromatic rings. The summed E-state index contributed by atoms with van der Waals surface area (Å²) in [6.45, 7) is 5.85. The van der Waals surface area contributed by atoms with E-state index in [1.54, 1.807) is 9.58 Å². The number of fused-ring (bicyclic) bond motifs is 2. The number of carbonyl (C=O) groups excluding carboxylic acids is 1. The van der Waals surface area contributed by atoms with Gasteiger partial charge in [0, 0.05) is 38.5 Å². The van der Waals surface area contributed by atoms with E-state index in [0.29, 0.717) is 44.7 Å². The molecule has 35 heavy (non-hydrogen) atoms. The van der Waals surface area contributed by atoms with Gasteiger partial charge in [-0.3, -0.25) is 14.4 Å². The first-order valence-electron chi connectivity index (χ1n) is 11.8. The minimum Gasteiger partial charge on any atom is -0.394 e. The van der Waals surface area contributed by atoms with E-state index in [1.807, 2.05) is 32.0 Å². The first-order chi connectivity index (χ1) is 16.6. The number of aromatic nitrogens is 3. The Kier molecular flexibility index (Phi) is 9.26. The molecule has 1 aliphatic rings. The topological polar surface area (TPSA) is 83.7 Å². The number of hydrogen-bond donors (Lipinski definition) is 1. The van der Waals surface area contributed by atoms with Crippen LogP contribution in [-0.4, -0.2) is 74.7 Å². The van der Waals surface area contributed by atoms with E-state index in [-0.39, 0.29) is 37.2 Å². The molecule has 1 N–H and O–H groups in total. The normalized spacial score (nSPS) is 21.4. The molecular formula is C24H34F3N5O3. The van der Waals surface area contributed by atoms with Crippen molar-refractivity contribution in [3.8, 4) is 0 Å². The van der Waals surface area contributed by atoms with Crippen LogP contribution in [0.3, 0.4) is 0 Å². The minimum atomic E-state index is -4.36. The second-order valence-corrected chi connectivity index (χ2v) is 9.37. The lowest BCUT2D eigenvalue weighted by atomic mass is 10.0. The number of alkyl halides is 3. The molecule has 0 spiro atoms. The second-order valence-electron chi connectivity index (χ2n) is 9.37. The molecule has 3 atom stereocenters. The number of likely N-dealkylation sites (N-methyl/N-ethyl adjacent to an activating group) is 1. The number of aliphatic hydroxyl groups is 1. The molecule has 2 heterocycles. The van der Waals surface area contributed by atoms with Crippen molar-refractivity contribution in [3.05, 3.63) is 47.3 Å². The zero-order valence-electron chi connectivity index (χ0n) is 20.4. The molecule has 11 heteroatoms. The van der Waals surface area contributed by atoms with Crippen molar-refractivity contribution in [3.63, 3.8) is 0 Å². The summed E-state index contributed by atoms with van der Waals surface area (Å²) in [7, 11) is 1.88. The largest absolute Gasteiger partial charge is 0.416 e. The van der Waals surface area contributed by atoms with Crippen molar-refractivity contribution < 1.29 is 27.8 Å². The Morgan fingerprint density at radius 2 is 2.00 bits per heavy atom. The van der Waals surface area contributed by atoms with Crippen molar-refractivity contribution in [2.75, 3.05) is 26.7 Å². The van der Waals surface area contributed by atoms with Gasteiger partial charge in [-0.05, 0) is 38.1 Å². The second kappa shape index (κ2) is 12.0. The molecule has 0 unspecified atom stereocenters. The highest BCUT2D eigenvalue weighted by molar-refractivity contribution is 5.76. The van der Waals surface area contributed by atoms with E-state index in [9.17, 15) is 23.1 Å². The number of aliphatic hydroxyl groups excluding tert-OH is 1. The lowest BCUT2D eigenvalue weighted by Gasteiger charge is -2.35. The molecule has 0 radical (unpaired) electrons. The molecular weight excluding hydrogens is 463 g/mol. The van der Waals surface area contributed by atoms with Crippen molar-refractivity contribution in [1.29, 1.82) is 0 Å². The maximum atomic E-state index is 12.9. The number of hydrogen-bond acceptors (Lipinski definition) is 6. The third-order valence-corrected chi connectivity index (χ3v) is 6.27. The fourth-order valence-electron chi connectivity index (χ4n) is 4.18. The van der Waals surface area contributed by atoms with Crippen LogP contribution in [0.5, 0.6) is 0 Å². The quantitative estimate of drug-likeness (QED) is 0.661. The summed E-state index contributed by atoms with van der Waals surface area (Å²) in [5, 5.41) is 18.0. The van der Waals surface area contributed by atoms with Gasteiger partial charge >= 0.3 is 6.18 Å². The van der Waals surface area contributed by atoms with E-state index >= 15 is 0 Å². The smallest absolute Gasteiger partial charge is 0.394 e. The zero-order chi connectivity index (χ0) is 25.6. The molecule has 2 bridgehead atoms. The van der Waals surface area contributed by atoms with Crippen LogP contribution in [0.2, 0.25) is 0 Å². The van der Waals surface area contributed by atoms with Crippen molar-refractivity contribution in [2.24, 2.45) is 5.92 Å². The number of rotatable bonds is 6. The molecule has 1 aromatic heterocycles. The molecule has 1 amide bonds. The van der Waals surface area contributed by atoms with Crippen molar-refractivity contribution in [1.82, 2.24) is 24.8 Å². The fourth-order valence-corrected chi connectivity index (χ4v) is 4.18. The average molecular weight is 498 g/mol. The molecule has 0 saturated carbocycles. The fraction of sp³-hybridized carbons (Fsp3) is 0.625. The monoisotopic (exact) mass is 497 g/mol. The minimum absolute atomic E-state index is 0.0326. The van der Waals surface area contributed by atoms with Gasteiger partial charge < -0.3 is 14.7 Å². The number of ether oxygens (including phenoxy) is 1. The number of halogens is 3. The van der Waals surface area contributed by atoms with E-state index in [4.69, 9.17) is 4.74 Å². The van der Waals surface area contributed by atoms with Crippen LogP contribution in [-0.2, 0) is 35.4 Å². The number of carbonyl (C=O) groups is 1. The van der Waals surface area contributed by atoms with Gasteiger partial charge in [-0.1, -0.05) is 24.3 Å². The summed E-state index contributed by atoms with van der Waals surface area (Å²) in [5.74, 6) is -0.103. The zero-order valence-corrected chi connectivity index (χ0v) is 20.4. The Bertz CT molecular complexity index is 951. The number of amides is 1. The molecule has 8 nitrogen and oxygen atoms in total. The van der Waals surface area contributed by atoms with Gasteiger partial charge in [0.1, 0.15) is 5.69 Å². The molecule has 0 saturated heterocycles. The highest BCUT2D eigenvalue weighted by atomic mass is 19.4. The maximum absolute atomic E-state index is 12.9. The first-order valence-corrected chi connectivity index (χ1v) is 11.8. The number of nitrogens with zero attached hydrogens (tertiary/aromatic N) is 5. The first kappa shape index (κ1) is 27.1. The highest BCUT2D eigenvalue weighted by Gasteiger charge is 2.30. The summed E-state index contributed by atoms with van der Waals surface area (Å²) in [6, 6.07) is 4.82. The van der Waals surface area contributed by atoms with Crippen LogP contribution in [0, 0.1) is 5.92 Å². The summed E-state index contributed by atoms with van der Waals surface area (Å²) in [4.78, 5) is 16.6. The van der Waals surface area contributed by atoms with Gasteiger partial charge in [0.2, 0.25) is 5.91 Å². The van der Waals surface area contributed by atoms with Gasteiger partial charge in [-0.25, -0.2) is 0 Å².